The number of nitrogens with zero attached hydrogens (tertiary/aromatic N) is 4. The largest absolute Gasteiger partial charge is 0.364 e. The highest BCUT2D eigenvalue weighted by molar-refractivity contribution is 5.41. The van der Waals surface area contributed by atoms with E-state index in [-0.39, 0.29) is 0 Å². The van der Waals surface area contributed by atoms with Crippen LogP contribution in [0.15, 0.2) is 24.4 Å². The van der Waals surface area contributed by atoms with Gasteiger partial charge in [-0.25, -0.2) is 10.8 Å². The number of hydrazine groups is 1. The molecule has 0 atom stereocenters. The Labute approximate surface area is 98.5 Å². The van der Waals surface area contributed by atoms with Gasteiger partial charge in [0.2, 0.25) is 5.95 Å². The van der Waals surface area contributed by atoms with Gasteiger partial charge >= 0.3 is 0 Å². The van der Waals surface area contributed by atoms with E-state index in [1.165, 1.54) is 0 Å². The van der Waals surface area contributed by atoms with E-state index in [0.717, 1.165) is 11.4 Å². The van der Waals surface area contributed by atoms with Crippen LogP contribution in [0.1, 0.15) is 11.4 Å². The van der Waals surface area contributed by atoms with Crippen molar-refractivity contribution < 1.29 is 0 Å². The minimum atomic E-state index is 0.381. The average molecular weight is 231 g/mol. The number of nitrogens with one attached hydrogen (secondary N) is 2. The molecule has 7 nitrogen and oxygen atoms in total. The van der Waals surface area contributed by atoms with Crippen LogP contribution in [0.3, 0.4) is 0 Å². The smallest absolute Gasteiger partial charge is 0.239 e. The minimum absolute atomic E-state index is 0.381. The Morgan fingerprint density at radius 3 is 2.94 bits per heavy atom. The summed E-state index contributed by atoms with van der Waals surface area (Å²) in [5.74, 6) is 6.34. The lowest BCUT2D eigenvalue weighted by atomic mass is 10.3. The predicted molar refractivity (Wildman–Crippen MR) is 63.9 cm³/mol. The molecule has 17 heavy (non-hydrogen) atoms. The topological polar surface area (TPSA) is 102 Å². The summed E-state index contributed by atoms with van der Waals surface area (Å²) in [6, 6.07) is 5.55. The predicted octanol–water partition coefficient (Wildman–Crippen LogP) is 0.473. The van der Waals surface area contributed by atoms with E-state index in [4.69, 9.17) is 5.84 Å². The molecule has 0 amide bonds. The summed E-state index contributed by atoms with van der Waals surface area (Å²) in [5, 5.41) is 10.9. The highest BCUT2D eigenvalue weighted by Gasteiger charge is 2.01. The van der Waals surface area contributed by atoms with Crippen molar-refractivity contribution in [1.82, 2.24) is 20.2 Å². The summed E-state index contributed by atoms with van der Waals surface area (Å²) in [6.45, 7) is 2.42. The standard InChI is InChI=1S/C10H13N7/c1-7-5-9(15-10(14-7)16-11)12-6-8-3-2-4-13-17-8/h2-5H,6,11H2,1H3,(H2,12,14,15,16). The molecule has 0 aliphatic rings. The second-order valence-electron chi connectivity index (χ2n) is 3.43. The normalized spacial score (nSPS) is 10.0. The van der Waals surface area contributed by atoms with Gasteiger partial charge in [0, 0.05) is 18.0 Å². The van der Waals surface area contributed by atoms with Gasteiger partial charge in [0.15, 0.2) is 0 Å². The first kappa shape index (κ1) is 11.2. The first-order valence-electron chi connectivity index (χ1n) is 5.10. The molecule has 0 aliphatic carbocycles. The molecule has 0 aromatic carbocycles. The maximum Gasteiger partial charge on any atom is 0.239 e. The second-order valence-corrected chi connectivity index (χ2v) is 3.43. The average Bonchev–Trinajstić information content (AvgIpc) is 2.37. The van der Waals surface area contributed by atoms with Crippen LogP contribution >= 0.6 is 0 Å². The molecule has 0 radical (unpaired) electrons. The first-order chi connectivity index (χ1) is 8.28. The van der Waals surface area contributed by atoms with Crippen molar-refractivity contribution in [1.29, 1.82) is 0 Å². The molecule has 88 valence electrons. The maximum absolute atomic E-state index is 5.27. The van der Waals surface area contributed by atoms with E-state index in [1.54, 1.807) is 6.20 Å². The van der Waals surface area contributed by atoms with Crippen molar-refractivity contribution in [3.63, 3.8) is 0 Å². The quantitative estimate of drug-likeness (QED) is 0.519. The lowest BCUT2D eigenvalue weighted by Crippen LogP contribution is -2.12. The number of aryl methyl sites for hydroxylation is 1. The summed E-state index contributed by atoms with van der Waals surface area (Å²) in [6.07, 6.45) is 1.63. The van der Waals surface area contributed by atoms with Gasteiger partial charge in [-0.3, -0.25) is 5.43 Å². The Hall–Kier alpha value is -2.28. The number of nitrogen functional groups attached to an aromatic ring is 1. The Morgan fingerprint density at radius 1 is 1.35 bits per heavy atom. The van der Waals surface area contributed by atoms with Crippen LogP contribution in [0.25, 0.3) is 0 Å². The van der Waals surface area contributed by atoms with Gasteiger partial charge in [-0.15, -0.1) is 0 Å². The van der Waals surface area contributed by atoms with Gasteiger partial charge in [0.05, 0.1) is 12.2 Å². The zero-order valence-electron chi connectivity index (χ0n) is 9.38. The number of nitrogens with two attached hydrogens (primary N) is 1. The number of rotatable bonds is 4. The van der Waals surface area contributed by atoms with E-state index in [9.17, 15) is 0 Å². The highest BCUT2D eigenvalue weighted by atomic mass is 15.3. The van der Waals surface area contributed by atoms with Crippen LogP contribution in [0.5, 0.6) is 0 Å². The van der Waals surface area contributed by atoms with Crippen molar-refractivity contribution in [2.24, 2.45) is 5.84 Å². The fraction of sp³-hybridized carbons (Fsp3) is 0.200. The van der Waals surface area contributed by atoms with E-state index in [2.05, 4.69) is 30.9 Å². The van der Waals surface area contributed by atoms with Crippen LogP contribution in [-0.2, 0) is 6.54 Å². The number of hydrogen-bond acceptors (Lipinski definition) is 7. The number of anilines is 2. The summed E-state index contributed by atoms with van der Waals surface area (Å²) in [4.78, 5) is 8.25. The molecule has 0 fully saturated rings. The van der Waals surface area contributed by atoms with Crippen molar-refractivity contribution >= 4 is 11.8 Å². The molecule has 2 heterocycles. The summed E-state index contributed by atoms with van der Waals surface area (Å²) >= 11 is 0. The fourth-order valence-electron chi connectivity index (χ4n) is 1.33. The van der Waals surface area contributed by atoms with Crippen molar-refractivity contribution in [3.8, 4) is 0 Å². The molecule has 0 saturated heterocycles. The van der Waals surface area contributed by atoms with Gasteiger partial charge in [0.25, 0.3) is 0 Å². The second kappa shape index (κ2) is 5.17. The van der Waals surface area contributed by atoms with Gasteiger partial charge in [-0.05, 0) is 19.1 Å². The maximum atomic E-state index is 5.27. The Bertz CT molecular complexity index is 485. The molecular formula is C10H13N7. The first-order valence-corrected chi connectivity index (χ1v) is 5.10. The molecule has 2 rings (SSSR count). The third-order valence-electron chi connectivity index (χ3n) is 2.06. The fourth-order valence-corrected chi connectivity index (χ4v) is 1.33. The zero-order chi connectivity index (χ0) is 12.1. The van der Waals surface area contributed by atoms with Crippen LogP contribution in [0.2, 0.25) is 0 Å². The summed E-state index contributed by atoms with van der Waals surface area (Å²) in [5.41, 5.74) is 4.08. The van der Waals surface area contributed by atoms with E-state index >= 15 is 0 Å². The molecule has 2 aromatic rings. The molecule has 0 saturated carbocycles. The minimum Gasteiger partial charge on any atom is -0.364 e. The van der Waals surface area contributed by atoms with Crippen LogP contribution < -0.4 is 16.6 Å². The number of aromatic nitrogens is 4. The molecule has 0 aliphatic heterocycles. The zero-order valence-corrected chi connectivity index (χ0v) is 9.38. The highest BCUT2D eigenvalue weighted by Crippen LogP contribution is 2.09. The Balaban J connectivity index is 2.06. The van der Waals surface area contributed by atoms with Crippen molar-refractivity contribution in [2.45, 2.75) is 13.5 Å². The molecule has 0 bridgehead atoms. The SMILES string of the molecule is Cc1cc(NCc2cccnn2)nc(NN)n1. The van der Waals surface area contributed by atoms with Crippen LogP contribution in [-0.4, -0.2) is 20.2 Å². The monoisotopic (exact) mass is 231 g/mol. The van der Waals surface area contributed by atoms with Gasteiger partial charge in [-0.2, -0.15) is 15.2 Å². The van der Waals surface area contributed by atoms with Crippen molar-refractivity contribution in [3.05, 3.63) is 35.8 Å². The lowest BCUT2D eigenvalue weighted by molar-refractivity contribution is 0.917. The van der Waals surface area contributed by atoms with Crippen molar-refractivity contribution in [2.75, 3.05) is 10.7 Å². The Morgan fingerprint density at radius 2 is 2.24 bits per heavy atom. The molecule has 0 unspecified atom stereocenters. The number of hydrogen-bond donors (Lipinski definition) is 3. The lowest BCUT2D eigenvalue weighted by Gasteiger charge is -2.07. The molecular weight excluding hydrogens is 218 g/mol. The van der Waals surface area contributed by atoms with E-state index in [0.29, 0.717) is 18.3 Å². The van der Waals surface area contributed by atoms with Crippen LogP contribution in [0.4, 0.5) is 11.8 Å². The molecule has 0 spiro atoms. The summed E-state index contributed by atoms with van der Waals surface area (Å²) in [7, 11) is 0. The third kappa shape index (κ3) is 3.08. The van der Waals surface area contributed by atoms with Gasteiger partial charge in [-0.1, -0.05) is 0 Å². The summed E-state index contributed by atoms with van der Waals surface area (Å²) < 4.78 is 0. The molecule has 2 aromatic heterocycles. The third-order valence-corrected chi connectivity index (χ3v) is 2.06. The Kier molecular flexibility index (Phi) is 3.41. The van der Waals surface area contributed by atoms with Gasteiger partial charge in [0.1, 0.15) is 5.82 Å². The molecule has 7 heteroatoms. The van der Waals surface area contributed by atoms with E-state index in [1.807, 2.05) is 25.1 Å². The van der Waals surface area contributed by atoms with Gasteiger partial charge < -0.3 is 5.32 Å². The van der Waals surface area contributed by atoms with E-state index < -0.39 is 0 Å². The van der Waals surface area contributed by atoms with Crippen LogP contribution in [0, 0.1) is 6.92 Å². The molecule has 4 N–H and O–H groups in total.